The van der Waals surface area contributed by atoms with Gasteiger partial charge in [0, 0.05) is 18.7 Å². The molecule has 1 aromatic heterocycles. The van der Waals surface area contributed by atoms with E-state index in [2.05, 4.69) is 20.7 Å². The van der Waals surface area contributed by atoms with Crippen molar-refractivity contribution < 1.29 is 9.13 Å². The molecule has 0 amide bonds. The zero-order valence-corrected chi connectivity index (χ0v) is 17.7. The molecule has 0 atom stereocenters. The number of nitrogens with one attached hydrogen (secondary N) is 2. The number of ether oxygens (including phenoxy) is 1. The van der Waals surface area contributed by atoms with Crippen molar-refractivity contribution >= 4 is 45.7 Å². The van der Waals surface area contributed by atoms with Crippen LogP contribution in [-0.2, 0) is 4.74 Å². The highest BCUT2D eigenvalue weighted by atomic mass is 32.1. The number of thiocarbonyl (C=S) groups is 1. The van der Waals surface area contributed by atoms with Crippen LogP contribution >= 0.6 is 23.6 Å². The number of aromatic nitrogens is 1. The van der Waals surface area contributed by atoms with Crippen LogP contribution in [0.5, 0.6) is 0 Å². The Morgan fingerprint density at radius 1 is 1.13 bits per heavy atom. The quantitative estimate of drug-likeness (QED) is 0.353. The molecular weight excluding hydrogens is 421 g/mol. The molecule has 0 unspecified atom stereocenters. The molecule has 1 aliphatic heterocycles. The second-order valence-electron chi connectivity index (χ2n) is 6.48. The van der Waals surface area contributed by atoms with E-state index >= 15 is 0 Å². The third-order valence-corrected chi connectivity index (χ3v) is 5.68. The van der Waals surface area contributed by atoms with E-state index in [1.807, 2.05) is 30.3 Å². The predicted octanol–water partition coefficient (Wildman–Crippen LogP) is 4.11. The van der Waals surface area contributed by atoms with E-state index in [-0.39, 0.29) is 10.9 Å². The Morgan fingerprint density at radius 2 is 1.87 bits per heavy atom. The maximum Gasteiger partial charge on any atom is 0.191 e. The molecule has 4 rings (SSSR count). The van der Waals surface area contributed by atoms with Crippen molar-refractivity contribution in [3.05, 3.63) is 65.3 Å². The molecule has 6 nitrogen and oxygen atoms in total. The summed E-state index contributed by atoms with van der Waals surface area (Å²) in [5, 5.41) is 8.17. The van der Waals surface area contributed by atoms with Gasteiger partial charge in [-0.2, -0.15) is 5.10 Å². The van der Waals surface area contributed by atoms with Crippen LogP contribution in [0.15, 0.2) is 59.7 Å². The molecule has 1 aliphatic rings. The fourth-order valence-corrected chi connectivity index (χ4v) is 4.14. The molecule has 30 heavy (non-hydrogen) atoms. The van der Waals surface area contributed by atoms with Crippen molar-refractivity contribution in [3.8, 4) is 11.3 Å². The van der Waals surface area contributed by atoms with Crippen molar-refractivity contribution in [1.29, 1.82) is 0 Å². The molecule has 0 bridgehead atoms. The summed E-state index contributed by atoms with van der Waals surface area (Å²) in [6.07, 6.45) is 1.69. The molecular formula is C21H20FN5OS2. The van der Waals surface area contributed by atoms with Crippen molar-refractivity contribution in [3.63, 3.8) is 0 Å². The summed E-state index contributed by atoms with van der Waals surface area (Å²) < 4.78 is 19.2. The van der Waals surface area contributed by atoms with E-state index in [0.29, 0.717) is 18.9 Å². The van der Waals surface area contributed by atoms with Gasteiger partial charge in [-0.1, -0.05) is 53.8 Å². The maximum atomic E-state index is 13.7. The van der Waals surface area contributed by atoms with Gasteiger partial charge in [-0.3, -0.25) is 5.43 Å². The third-order valence-electron chi connectivity index (χ3n) is 4.44. The number of halogens is 1. The number of para-hydroxylation sites is 1. The van der Waals surface area contributed by atoms with Gasteiger partial charge in [0.2, 0.25) is 0 Å². The number of benzene rings is 2. The lowest BCUT2D eigenvalue weighted by Gasteiger charge is -2.26. The first-order valence-corrected chi connectivity index (χ1v) is 10.7. The summed E-state index contributed by atoms with van der Waals surface area (Å²) in [6.45, 7) is 3.02. The van der Waals surface area contributed by atoms with E-state index in [1.165, 1.54) is 6.07 Å². The topological polar surface area (TPSA) is 61.8 Å². The molecule has 2 aromatic carbocycles. The third kappa shape index (κ3) is 4.99. The van der Waals surface area contributed by atoms with Gasteiger partial charge in [0.05, 0.1) is 35.7 Å². The van der Waals surface area contributed by atoms with Gasteiger partial charge in [0.1, 0.15) is 5.82 Å². The predicted molar refractivity (Wildman–Crippen MR) is 124 cm³/mol. The molecule has 2 N–H and O–H groups in total. The zero-order valence-electron chi connectivity index (χ0n) is 16.0. The highest BCUT2D eigenvalue weighted by Gasteiger charge is 2.18. The summed E-state index contributed by atoms with van der Waals surface area (Å²) >= 11 is 6.77. The average Bonchev–Trinajstić information content (AvgIpc) is 3.21. The lowest BCUT2D eigenvalue weighted by molar-refractivity contribution is 0.122. The van der Waals surface area contributed by atoms with Crippen LogP contribution in [0.4, 0.5) is 15.2 Å². The summed E-state index contributed by atoms with van der Waals surface area (Å²) in [5.74, 6) is -0.380. The van der Waals surface area contributed by atoms with E-state index in [4.69, 9.17) is 21.9 Å². The average molecular weight is 442 g/mol. The number of thiazole rings is 1. The van der Waals surface area contributed by atoms with Gasteiger partial charge in [-0.15, -0.1) is 0 Å². The van der Waals surface area contributed by atoms with Crippen molar-refractivity contribution in [2.75, 3.05) is 36.5 Å². The normalized spacial score (nSPS) is 14.1. The Balaban J connectivity index is 1.51. The Kier molecular flexibility index (Phi) is 6.63. The van der Waals surface area contributed by atoms with Crippen LogP contribution in [0.3, 0.4) is 0 Å². The monoisotopic (exact) mass is 441 g/mol. The molecule has 154 valence electrons. The van der Waals surface area contributed by atoms with E-state index in [1.54, 1.807) is 35.8 Å². The summed E-state index contributed by atoms with van der Waals surface area (Å²) in [4.78, 5) is 7.98. The van der Waals surface area contributed by atoms with Gasteiger partial charge in [0.25, 0.3) is 0 Å². The molecule has 0 aliphatic carbocycles. The number of anilines is 2. The lowest BCUT2D eigenvalue weighted by Crippen LogP contribution is -2.36. The molecule has 2 heterocycles. The van der Waals surface area contributed by atoms with Crippen LogP contribution in [0, 0.1) is 5.82 Å². The highest BCUT2D eigenvalue weighted by Crippen LogP contribution is 2.32. The van der Waals surface area contributed by atoms with Gasteiger partial charge in [-0.05, 0) is 24.4 Å². The Bertz CT molecular complexity index is 1030. The van der Waals surface area contributed by atoms with E-state index in [0.717, 1.165) is 34.4 Å². The van der Waals surface area contributed by atoms with Gasteiger partial charge < -0.3 is 15.0 Å². The minimum atomic E-state index is -0.380. The lowest BCUT2D eigenvalue weighted by atomic mass is 10.1. The van der Waals surface area contributed by atoms with Crippen LogP contribution in [-0.4, -0.2) is 42.6 Å². The molecule has 1 saturated heterocycles. The number of hydrazone groups is 1. The maximum absolute atomic E-state index is 13.7. The summed E-state index contributed by atoms with van der Waals surface area (Å²) in [6, 6.07) is 16.3. The fourth-order valence-electron chi connectivity index (χ4n) is 2.96. The van der Waals surface area contributed by atoms with Crippen LogP contribution in [0.2, 0.25) is 0 Å². The molecule has 9 heteroatoms. The number of hydrogen-bond donors (Lipinski definition) is 2. The Hall–Kier alpha value is -2.88. The first-order valence-electron chi connectivity index (χ1n) is 9.44. The summed E-state index contributed by atoms with van der Waals surface area (Å²) in [7, 11) is 0. The Labute approximate surface area is 183 Å². The van der Waals surface area contributed by atoms with Crippen LogP contribution < -0.4 is 15.6 Å². The molecule has 3 aromatic rings. The highest BCUT2D eigenvalue weighted by molar-refractivity contribution is 7.80. The smallest absolute Gasteiger partial charge is 0.191 e. The molecule has 0 radical (unpaired) electrons. The van der Waals surface area contributed by atoms with Crippen LogP contribution in [0.1, 0.15) is 4.88 Å². The van der Waals surface area contributed by atoms with E-state index in [9.17, 15) is 4.39 Å². The molecule has 0 saturated carbocycles. The van der Waals surface area contributed by atoms with Crippen molar-refractivity contribution in [1.82, 2.24) is 10.4 Å². The SMILES string of the molecule is Fc1ccccc1NC(=S)N/N=C/c1sc(N2CCOCC2)nc1-c1ccccc1. The first kappa shape index (κ1) is 20.4. The number of nitrogens with zero attached hydrogens (tertiary/aromatic N) is 3. The van der Waals surface area contributed by atoms with Crippen molar-refractivity contribution in [2.45, 2.75) is 0 Å². The van der Waals surface area contributed by atoms with Crippen molar-refractivity contribution in [2.24, 2.45) is 5.10 Å². The van der Waals surface area contributed by atoms with Gasteiger partial charge in [0.15, 0.2) is 10.2 Å². The van der Waals surface area contributed by atoms with Gasteiger partial charge >= 0.3 is 0 Å². The second-order valence-corrected chi connectivity index (χ2v) is 7.90. The minimum absolute atomic E-state index is 0.204. The minimum Gasteiger partial charge on any atom is -0.378 e. The number of rotatable bonds is 5. The molecule has 0 spiro atoms. The molecule has 1 fully saturated rings. The second kappa shape index (κ2) is 9.75. The summed E-state index contributed by atoms with van der Waals surface area (Å²) in [5.41, 5.74) is 4.91. The standard InChI is InChI=1S/C21H20FN5OS2/c22-16-8-4-5-9-17(16)24-20(29)26-23-14-18-19(15-6-2-1-3-7-15)25-21(30-18)27-10-12-28-13-11-27/h1-9,14H,10-13H2,(H2,24,26,29)/b23-14+. The fraction of sp³-hybridized carbons (Fsp3) is 0.190. The Morgan fingerprint density at radius 3 is 2.63 bits per heavy atom. The largest absolute Gasteiger partial charge is 0.378 e. The zero-order chi connectivity index (χ0) is 20.8. The number of hydrogen-bond acceptors (Lipinski definition) is 6. The number of morpholine rings is 1. The first-order chi connectivity index (χ1) is 14.7. The van der Waals surface area contributed by atoms with E-state index < -0.39 is 0 Å². The van der Waals surface area contributed by atoms with Gasteiger partial charge in [-0.25, -0.2) is 9.37 Å². The van der Waals surface area contributed by atoms with Crippen LogP contribution in [0.25, 0.3) is 11.3 Å².